The summed E-state index contributed by atoms with van der Waals surface area (Å²) in [5, 5.41) is 8.32. The quantitative estimate of drug-likeness (QED) is 0.551. The van der Waals surface area contributed by atoms with Crippen molar-refractivity contribution >= 4 is 17.6 Å². The summed E-state index contributed by atoms with van der Waals surface area (Å²) in [5.41, 5.74) is 6.49. The largest absolute Gasteiger partial charge is 0.385 e. The van der Waals surface area contributed by atoms with E-state index in [-0.39, 0.29) is 5.91 Å². The third kappa shape index (κ3) is 5.76. The molecule has 0 saturated heterocycles. The van der Waals surface area contributed by atoms with Crippen LogP contribution < -0.4 is 21.7 Å². The van der Waals surface area contributed by atoms with E-state index in [1.165, 1.54) is 0 Å². The van der Waals surface area contributed by atoms with Crippen LogP contribution in [0.2, 0.25) is 0 Å². The highest BCUT2D eigenvalue weighted by molar-refractivity contribution is 5.94. The molecule has 1 aromatic carbocycles. The zero-order valence-corrected chi connectivity index (χ0v) is 11.0. The standard InChI is InChI=1S/C13H20N4O2/c1-2-7-15-11-5-3-10(4-6-11)12(18)16-8-9-17-13(14)19/h3-6,15H,2,7-9H2,1H3,(H,16,18)(H3,14,17,19). The maximum absolute atomic E-state index is 11.7. The molecule has 0 unspecified atom stereocenters. The molecule has 5 N–H and O–H groups in total. The van der Waals surface area contributed by atoms with E-state index in [2.05, 4.69) is 22.9 Å². The summed E-state index contributed by atoms with van der Waals surface area (Å²) in [7, 11) is 0. The lowest BCUT2D eigenvalue weighted by atomic mass is 10.2. The summed E-state index contributed by atoms with van der Waals surface area (Å²) in [5.74, 6) is -0.173. The molecule has 0 bridgehead atoms. The van der Waals surface area contributed by atoms with Gasteiger partial charge in [-0.25, -0.2) is 4.79 Å². The highest BCUT2D eigenvalue weighted by Crippen LogP contribution is 2.09. The molecule has 0 radical (unpaired) electrons. The summed E-state index contributed by atoms with van der Waals surface area (Å²) in [6.07, 6.45) is 1.05. The van der Waals surface area contributed by atoms with Crippen molar-refractivity contribution in [1.82, 2.24) is 10.6 Å². The smallest absolute Gasteiger partial charge is 0.312 e. The number of anilines is 1. The molecular weight excluding hydrogens is 244 g/mol. The molecule has 0 aliphatic carbocycles. The lowest BCUT2D eigenvalue weighted by Crippen LogP contribution is -2.37. The summed E-state index contributed by atoms with van der Waals surface area (Å²) < 4.78 is 0. The van der Waals surface area contributed by atoms with Crippen LogP contribution in [0.1, 0.15) is 23.7 Å². The van der Waals surface area contributed by atoms with Crippen molar-refractivity contribution in [3.8, 4) is 0 Å². The molecule has 0 fully saturated rings. The van der Waals surface area contributed by atoms with Crippen LogP contribution in [-0.2, 0) is 0 Å². The van der Waals surface area contributed by atoms with Crippen molar-refractivity contribution in [3.05, 3.63) is 29.8 Å². The highest BCUT2D eigenvalue weighted by Gasteiger charge is 2.04. The molecule has 104 valence electrons. The molecule has 1 rings (SSSR count). The summed E-state index contributed by atoms with van der Waals surface area (Å²) in [6.45, 7) is 3.66. The van der Waals surface area contributed by atoms with Gasteiger partial charge in [-0.05, 0) is 30.7 Å². The van der Waals surface area contributed by atoms with E-state index in [0.29, 0.717) is 18.7 Å². The lowest BCUT2D eigenvalue weighted by Gasteiger charge is -2.07. The highest BCUT2D eigenvalue weighted by atomic mass is 16.2. The Morgan fingerprint density at radius 2 is 1.68 bits per heavy atom. The number of hydrogen-bond acceptors (Lipinski definition) is 3. The van der Waals surface area contributed by atoms with Gasteiger partial charge >= 0.3 is 6.03 Å². The van der Waals surface area contributed by atoms with Gasteiger partial charge in [0.05, 0.1) is 0 Å². The summed E-state index contributed by atoms with van der Waals surface area (Å²) in [4.78, 5) is 22.2. The molecule has 0 aliphatic rings. The molecule has 1 aromatic rings. The van der Waals surface area contributed by atoms with Gasteiger partial charge in [-0.15, -0.1) is 0 Å². The molecule has 3 amide bonds. The molecule has 19 heavy (non-hydrogen) atoms. The second-order valence-electron chi connectivity index (χ2n) is 4.05. The first-order valence-corrected chi connectivity index (χ1v) is 6.29. The van der Waals surface area contributed by atoms with E-state index >= 15 is 0 Å². The predicted molar refractivity (Wildman–Crippen MR) is 75.1 cm³/mol. The first-order chi connectivity index (χ1) is 9.13. The lowest BCUT2D eigenvalue weighted by molar-refractivity contribution is 0.0954. The average Bonchev–Trinajstić information content (AvgIpc) is 2.41. The zero-order valence-electron chi connectivity index (χ0n) is 11.0. The second kappa shape index (κ2) is 7.97. The van der Waals surface area contributed by atoms with Gasteiger partial charge in [0, 0.05) is 30.9 Å². The number of rotatable bonds is 7. The van der Waals surface area contributed by atoms with Crippen LogP contribution in [0.25, 0.3) is 0 Å². The van der Waals surface area contributed by atoms with Gasteiger partial charge < -0.3 is 21.7 Å². The van der Waals surface area contributed by atoms with E-state index in [1.807, 2.05) is 12.1 Å². The minimum atomic E-state index is -0.597. The van der Waals surface area contributed by atoms with Gasteiger partial charge in [0.1, 0.15) is 0 Å². The second-order valence-corrected chi connectivity index (χ2v) is 4.05. The van der Waals surface area contributed by atoms with Gasteiger partial charge in [0.25, 0.3) is 5.91 Å². The number of urea groups is 1. The Bertz CT molecular complexity index is 417. The fourth-order valence-electron chi connectivity index (χ4n) is 1.47. The normalized spacial score (nSPS) is 9.74. The predicted octanol–water partition coefficient (Wildman–Crippen LogP) is 0.907. The molecule has 0 spiro atoms. The van der Waals surface area contributed by atoms with Gasteiger partial charge in [-0.3, -0.25) is 4.79 Å². The van der Waals surface area contributed by atoms with Crippen LogP contribution in [0.3, 0.4) is 0 Å². The van der Waals surface area contributed by atoms with Crippen molar-refractivity contribution < 1.29 is 9.59 Å². The van der Waals surface area contributed by atoms with Crippen LogP contribution in [0, 0.1) is 0 Å². The number of primary amides is 1. The maximum atomic E-state index is 11.7. The summed E-state index contributed by atoms with van der Waals surface area (Å²) >= 11 is 0. The molecule has 0 saturated carbocycles. The first-order valence-electron chi connectivity index (χ1n) is 6.29. The third-order valence-corrected chi connectivity index (χ3v) is 2.44. The van der Waals surface area contributed by atoms with Gasteiger partial charge in [-0.1, -0.05) is 6.92 Å². The van der Waals surface area contributed by atoms with Crippen LogP contribution >= 0.6 is 0 Å². The van der Waals surface area contributed by atoms with E-state index in [0.717, 1.165) is 18.7 Å². The Kier molecular flexibility index (Phi) is 6.21. The number of nitrogens with two attached hydrogens (primary N) is 1. The number of hydrogen-bond donors (Lipinski definition) is 4. The number of nitrogens with one attached hydrogen (secondary N) is 3. The van der Waals surface area contributed by atoms with Gasteiger partial charge in [-0.2, -0.15) is 0 Å². The van der Waals surface area contributed by atoms with E-state index in [1.54, 1.807) is 12.1 Å². The Hall–Kier alpha value is -2.24. The molecule has 0 atom stereocenters. The molecule has 6 nitrogen and oxygen atoms in total. The average molecular weight is 264 g/mol. The SMILES string of the molecule is CCCNc1ccc(C(=O)NCCNC(N)=O)cc1. The molecule has 0 aliphatic heterocycles. The van der Waals surface area contributed by atoms with Crippen LogP contribution in [0.4, 0.5) is 10.5 Å². The molecule has 6 heteroatoms. The van der Waals surface area contributed by atoms with Gasteiger partial charge in [0.2, 0.25) is 0 Å². The first kappa shape index (κ1) is 14.8. The third-order valence-electron chi connectivity index (χ3n) is 2.44. The van der Waals surface area contributed by atoms with Gasteiger partial charge in [0.15, 0.2) is 0 Å². The molecule has 0 aromatic heterocycles. The number of amides is 3. The maximum Gasteiger partial charge on any atom is 0.312 e. The Labute approximate surface area is 112 Å². The molecule has 0 heterocycles. The van der Waals surface area contributed by atoms with Crippen molar-refractivity contribution in [2.24, 2.45) is 5.73 Å². The fourth-order valence-corrected chi connectivity index (χ4v) is 1.47. The monoisotopic (exact) mass is 264 g/mol. The zero-order chi connectivity index (χ0) is 14.1. The minimum Gasteiger partial charge on any atom is -0.385 e. The Balaban J connectivity index is 2.37. The van der Waals surface area contributed by atoms with Crippen molar-refractivity contribution in [3.63, 3.8) is 0 Å². The number of carbonyl (C=O) groups is 2. The Morgan fingerprint density at radius 1 is 1.05 bits per heavy atom. The topological polar surface area (TPSA) is 96.2 Å². The number of benzene rings is 1. The molecular formula is C13H20N4O2. The van der Waals surface area contributed by atoms with Crippen molar-refractivity contribution in [2.45, 2.75) is 13.3 Å². The van der Waals surface area contributed by atoms with E-state index < -0.39 is 6.03 Å². The van der Waals surface area contributed by atoms with E-state index in [9.17, 15) is 9.59 Å². The Morgan fingerprint density at radius 3 is 2.26 bits per heavy atom. The van der Waals surface area contributed by atoms with E-state index in [4.69, 9.17) is 5.73 Å². The summed E-state index contributed by atoms with van der Waals surface area (Å²) in [6, 6.07) is 6.66. The fraction of sp³-hybridized carbons (Fsp3) is 0.385. The van der Waals surface area contributed by atoms with Crippen LogP contribution in [0.5, 0.6) is 0 Å². The van der Waals surface area contributed by atoms with Crippen molar-refractivity contribution in [1.29, 1.82) is 0 Å². The van der Waals surface area contributed by atoms with Crippen LogP contribution in [0.15, 0.2) is 24.3 Å². The van der Waals surface area contributed by atoms with Crippen LogP contribution in [-0.4, -0.2) is 31.6 Å². The number of carbonyl (C=O) groups excluding carboxylic acids is 2. The van der Waals surface area contributed by atoms with Crippen molar-refractivity contribution in [2.75, 3.05) is 25.0 Å². The minimum absolute atomic E-state index is 0.173.